The van der Waals surface area contributed by atoms with Crippen LogP contribution in [0.5, 0.6) is 11.5 Å². The van der Waals surface area contributed by atoms with E-state index in [2.05, 4.69) is 4.99 Å². The molecule has 0 atom stereocenters. The summed E-state index contributed by atoms with van der Waals surface area (Å²) in [5, 5.41) is 0. The van der Waals surface area contributed by atoms with Crippen LogP contribution in [-0.4, -0.2) is 24.7 Å². The molecule has 1 aromatic heterocycles. The van der Waals surface area contributed by atoms with Crippen molar-refractivity contribution in [3.63, 3.8) is 0 Å². The van der Waals surface area contributed by atoms with Gasteiger partial charge in [-0.05, 0) is 49.2 Å². The van der Waals surface area contributed by atoms with Crippen molar-refractivity contribution < 1.29 is 14.3 Å². The number of carbonyl (C=O) groups excluding carboxylic acids is 1. The number of aryl methyl sites for hydroxylation is 3. The Hall–Kier alpha value is -2.60. The average molecular weight is 356 g/mol. The standard InChI is InChI=1S/C19H20N2O3S/c1-11-6-7-13(10-12(11)2)18(22)20-19-21(3)16-14(23-4)8-9-15(24-5)17(16)25-19/h6-10H,1-5H3. The second kappa shape index (κ2) is 6.72. The number of methoxy groups -OCH3 is 2. The first-order valence-corrected chi connectivity index (χ1v) is 8.64. The fourth-order valence-electron chi connectivity index (χ4n) is 2.66. The third kappa shape index (κ3) is 3.05. The number of carbonyl (C=O) groups is 1. The van der Waals surface area contributed by atoms with Crippen LogP contribution in [0.2, 0.25) is 0 Å². The Morgan fingerprint density at radius 3 is 2.36 bits per heavy atom. The third-order valence-corrected chi connectivity index (χ3v) is 5.41. The van der Waals surface area contributed by atoms with Crippen molar-refractivity contribution in [2.45, 2.75) is 13.8 Å². The molecule has 3 aromatic rings. The largest absolute Gasteiger partial charge is 0.495 e. The number of aromatic nitrogens is 1. The number of ether oxygens (including phenoxy) is 2. The topological polar surface area (TPSA) is 52.8 Å². The van der Waals surface area contributed by atoms with Gasteiger partial charge in [0.2, 0.25) is 0 Å². The van der Waals surface area contributed by atoms with E-state index < -0.39 is 0 Å². The Morgan fingerprint density at radius 1 is 1.04 bits per heavy atom. The third-order valence-electron chi connectivity index (χ3n) is 4.26. The second-order valence-corrected chi connectivity index (χ2v) is 6.78. The van der Waals surface area contributed by atoms with Crippen LogP contribution in [0.4, 0.5) is 0 Å². The minimum atomic E-state index is -0.261. The Kier molecular flexibility index (Phi) is 4.63. The maximum Gasteiger partial charge on any atom is 0.279 e. The van der Waals surface area contributed by atoms with Gasteiger partial charge in [-0.25, -0.2) is 0 Å². The lowest BCUT2D eigenvalue weighted by Crippen LogP contribution is -2.13. The summed E-state index contributed by atoms with van der Waals surface area (Å²) in [4.78, 5) is 17.5. The van der Waals surface area contributed by atoms with Crippen LogP contribution in [-0.2, 0) is 7.05 Å². The number of amides is 1. The maximum absolute atomic E-state index is 12.6. The van der Waals surface area contributed by atoms with Crippen molar-refractivity contribution in [2.75, 3.05) is 14.2 Å². The van der Waals surface area contributed by atoms with E-state index in [0.717, 1.165) is 32.8 Å². The fourth-order valence-corrected chi connectivity index (χ4v) is 3.78. The molecule has 1 amide bonds. The average Bonchev–Trinajstić information content (AvgIpc) is 2.93. The van der Waals surface area contributed by atoms with Gasteiger partial charge in [0, 0.05) is 12.6 Å². The van der Waals surface area contributed by atoms with Crippen LogP contribution in [0.25, 0.3) is 10.2 Å². The molecule has 130 valence electrons. The summed E-state index contributed by atoms with van der Waals surface area (Å²) in [6, 6.07) is 9.32. The van der Waals surface area contributed by atoms with E-state index in [1.165, 1.54) is 11.3 Å². The number of hydrogen-bond acceptors (Lipinski definition) is 4. The lowest BCUT2D eigenvalue weighted by atomic mass is 10.1. The molecule has 1 heterocycles. The van der Waals surface area contributed by atoms with Gasteiger partial charge in [-0.3, -0.25) is 4.79 Å². The molecular weight excluding hydrogens is 336 g/mol. The predicted molar refractivity (Wildman–Crippen MR) is 99.7 cm³/mol. The van der Waals surface area contributed by atoms with Gasteiger partial charge >= 0.3 is 0 Å². The van der Waals surface area contributed by atoms with Crippen LogP contribution in [0.1, 0.15) is 21.5 Å². The molecule has 0 saturated carbocycles. The zero-order chi connectivity index (χ0) is 18.1. The van der Waals surface area contributed by atoms with Gasteiger partial charge in [-0.15, -0.1) is 0 Å². The first-order valence-electron chi connectivity index (χ1n) is 7.83. The van der Waals surface area contributed by atoms with Gasteiger partial charge in [-0.2, -0.15) is 4.99 Å². The molecule has 0 radical (unpaired) electrons. The number of benzene rings is 2. The smallest absolute Gasteiger partial charge is 0.279 e. The molecule has 0 aliphatic carbocycles. The zero-order valence-corrected chi connectivity index (χ0v) is 15.7. The Bertz CT molecular complexity index is 1030. The molecule has 0 unspecified atom stereocenters. The molecular formula is C19H20N2O3S. The van der Waals surface area contributed by atoms with Gasteiger partial charge < -0.3 is 14.0 Å². The number of hydrogen-bond donors (Lipinski definition) is 0. The molecule has 0 bridgehead atoms. The maximum atomic E-state index is 12.6. The first kappa shape index (κ1) is 17.2. The molecule has 0 saturated heterocycles. The molecule has 6 heteroatoms. The highest BCUT2D eigenvalue weighted by molar-refractivity contribution is 7.16. The van der Waals surface area contributed by atoms with Gasteiger partial charge in [0.25, 0.3) is 5.91 Å². The first-order chi connectivity index (χ1) is 12.0. The SMILES string of the molecule is COc1ccc(OC)c2c1sc(=NC(=O)c1ccc(C)c(C)c1)n2C. The summed E-state index contributed by atoms with van der Waals surface area (Å²) >= 11 is 1.41. The molecule has 0 aliphatic rings. The second-order valence-electron chi connectivity index (χ2n) is 5.81. The van der Waals surface area contributed by atoms with Crippen molar-refractivity contribution in [2.24, 2.45) is 12.0 Å². The van der Waals surface area contributed by atoms with Crippen LogP contribution in [0, 0.1) is 13.8 Å². The van der Waals surface area contributed by atoms with Gasteiger partial charge in [0.05, 0.1) is 14.2 Å². The molecule has 2 aromatic carbocycles. The van der Waals surface area contributed by atoms with E-state index in [9.17, 15) is 4.79 Å². The summed E-state index contributed by atoms with van der Waals surface area (Å²) in [6.45, 7) is 4.01. The fraction of sp³-hybridized carbons (Fsp3) is 0.263. The number of fused-ring (bicyclic) bond motifs is 1. The van der Waals surface area contributed by atoms with Crippen molar-refractivity contribution in [1.29, 1.82) is 0 Å². The van der Waals surface area contributed by atoms with Gasteiger partial charge in [0.15, 0.2) is 4.80 Å². The van der Waals surface area contributed by atoms with Crippen molar-refractivity contribution in [1.82, 2.24) is 4.57 Å². The minimum absolute atomic E-state index is 0.261. The van der Waals surface area contributed by atoms with E-state index >= 15 is 0 Å². The van der Waals surface area contributed by atoms with Gasteiger partial charge in [-0.1, -0.05) is 17.4 Å². The lowest BCUT2D eigenvalue weighted by molar-refractivity contribution is 0.0998. The van der Waals surface area contributed by atoms with Crippen LogP contribution in [0.15, 0.2) is 35.3 Å². The molecule has 0 aliphatic heterocycles. The zero-order valence-electron chi connectivity index (χ0n) is 14.9. The normalized spacial score (nSPS) is 11.8. The van der Waals surface area contributed by atoms with Crippen LogP contribution >= 0.6 is 11.3 Å². The van der Waals surface area contributed by atoms with Crippen LogP contribution in [0.3, 0.4) is 0 Å². The van der Waals surface area contributed by atoms with Crippen molar-refractivity contribution in [3.05, 3.63) is 51.8 Å². The number of thiazole rings is 1. The van der Waals surface area contributed by atoms with E-state index in [1.807, 2.05) is 55.8 Å². The summed E-state index contributed by atoms with van der Waals surface area (Å²) in [5.41, 5.74) is 3.67. The summed E-state index contributed by atoms with van der Waals surface area (Å²) in [5.74, 6) is 1.19. The van der Waals surface area contributed by atoms with E-state index in [-0.39, 0.29) is 5.91 Å². The highest BCUT2D eigenvalue weighted by Crippen LogP contribution is 2.34. The predicted octanol–water partition coefficient (Wildman–Crippen LogP) is 3.61. The summed E-state index contributed by atoms with van der Waals surface area (Å²) in [7, 11) is 5.11. The quantitative estimate of drug-likeness (QED) is 0.720. The summed E-state index contributed by atoms with van der Waals surface area (Å²) < 4.78 is 13.6. The van der Waals surface area contributed by atoms with E-state index in [1.54, 1.807) is 14.2 Å². The van der Waals surface area contributed by atoms with Crippen LogP contribution < -0.4 is 14.3 Å². The molecule has 5 nitrogen and oxygen atoms in total. The van der Waals surface area contributed by atoms with Gasteiger partial charge in [0.1, 0.15) is 21.7 Å². The van der Waals surface area contributed by atoms with Crippen molar-refractivity contribution >= 4 is 27.5 Å². The van der Waals surface area contributed by atoms with E-state index in [4.69, 9.17) is 9.47 Å². The van der Waals surface area contributed by atoms with E-state index in [0.29, 0.717) is 10.4 Å². The lowest BCUT2D eigenvalue weighted by Gasteiger charge is -2.06. The highest BCUT2D eigenvalue weighted by Gasteiger charge is 2.15. The Labute approximate surface area is 150 Å². The molecule has 25 heavy (non-hydrogen) atoms. The Balaban J connectivity index is 2.18. The van der Waals surface area contributed by atoms with Crippen molar-refractivity contribution in [3.8, 4) is 11.5 Å². The highest BCUT2D eigenvalue weighted by atomic mass is 32.1. The molecule has 0 N–H and O–H groups in total. The minimum Gasteiger partial charge on any atom is -0.495 e. The monoisotopic (exact) mass is 356 g/mol. The Morgan fingerprint density at radius 2 is 1.72 bits per heavy atom. The molecule has 3 rings (SSSR count). The molecule has 0 fully saturated rings. The number of nitrogens with zero attached hydrogens (tertiary/aromatic N) is 2. The number of rotatable bonds is 3. The summed E-state index contributed by atoms with van der Waals surface area (Å²) in [6.07, 6.45) is 0. The molecule has 0 spiro atoms.